The van der Waals surface area contributed by atoms with Gasteiger partial charge in [-0.1, -0.05) is 18.2 Å². The number of halogens is 1. The lowest BCUT2D eigenvalue weighted by Crippen LogP contribution is -2.21. The summed E-state index contributed by atoms with van der Waals surface area (Å²) in [4.78, 5) is 14.6. The highest BCUT2D eigenvalue weighted by atomic mass is 35.5. The van der Waals surface area contributed by atoms with Crippen LogP contribution in [-0.2, 0) is 32.5 Å². The van der Waals surface area contributed by atoms with Gasteiger partial charge in [-0.25, -0.2) is 0 Å². The summed E-state index contributed by atoms with van der Waals surface area (Å²) in [6.45, 7) is 2.51. The standard InChI is InChI=1S/C18H20N2OS.ClH/c21-18(17-8-13-3-1-2-4-16(13)22-17)20-9-12-5-6-14-10-19-11-15(14)7-12;/h5-8,19H,1-4,9-11H2,(H,20,21);1H. The molecule has 2 aliphatic rings. The fraction of sp³-hybridized carbons (Fsp3) is 0.389. The minimum absolute atomic E-state index is 0. The Morgan fingerprint density at radius 2 is 1.91 bits per heavy atom. The van der Waals surface area contributed by atoms with E-state index in [1.807, 2.05) is 0 Å². The van der Waals surface area contributed by atoms with Crippen molar-refractivity contribution in [1.82, 2.24) is 10.6 Å². The van der Waals surface area contributed by atoms with Crippen LogP contribution in [0.5, 0.6) is 0 Å². The molecule has 1 aliphatic carbocycles. The number of hydrogen-bond donors (Lipinski definition) is 2. The van der Waals surface area contributed by atoms with Gasteiger partial charge in [0.25, 0.3) is 5.91 Å². The SMILES string of the molecule is Cl.O=C(NCc1ccc2c(c1)CNC2)c1cc2c(s1)CCCC2. The van der Waals surface area contributed by atoms with Crippen LogP contribution in [0.1, 0.15) is 49.6 Å². The van der Waals surface area contributed by atoms with Gasteiger partial charge in [-0.05, 0) is 54.0 Å². The number of nitrogens with one attached hydrogen (secondary N) is 2. The molecule has 0 saturated heterocycles. The Labute approximate surface area is 146 Å². The van der Waals surface area contributed by atoms with Crippen LogP contribution in [0.2, 0.25) is 0 Å². The van der Waals surface area contributed by atoms with E-state index in [4.69, 9.17) is 0 Å². The van der Waals surface area contributed by atoms with E-state index >= 15 is 0 Å². The van der Waals surface area contributed by atoms with Crippen molar-refractivity contribution in [2.75, 3.05) is 0 Å². The monoisotopic (exact) mass is 348 g/mol. The molecule has 0 saturated carbocycles. The highest BCUT2D eigenvalue weighted by Gasteiger charge is 2.17. The van der Waals surface area contributed by atoms with Crippen molar-refractivity contribution < 1.29 is 4.79 Å². The van der Waals surface area contributed by atoms with Gasteiger partial charge in [0, 0.05) is 24.5 Å². The van der Waals surface area contributed by atoms with E-state index in [0.29, 0.717) is 6.54 Å². The number of carbonyl (C=O) groups is 1. The van der Waals surface area contributed by atoms with Crippen molar-refractivity contribution >= 4 is 29.7 Å². The van der Waals surface area contributed by atoms with Crippen molar-refractivity contribution in [2.24, 2.45) is 0 Å². The van der Waals surface area contributed by atoms with Crippen LogP contribution in [-0.4, -0.2) is 5.91 Å². The minimum Gasteiger partial charge on any atom is -0.347 e. The zero-order chi connectivity index (χ0) is 14.9. The molecule has 0 bridgehead atoms. The summed E-state index contributed by atoms with van der Waals surface area (Å²) in [5.74, 6) is 0.0676. The fourth-order valence-electron chi connectivity index (χ4n) is 3.33. The molecular formula is C18H21ClN2OS. The van der Waals surface area contributed by atoms with Crippen LogP contribution in [0.4, 0.5) is 0 Å². The summed E-state index contributed by atoms with van der Waals surface area (Å²) in [6.07, 6.45) is 4.80. The van der Waals surface area contributed by atoms with Crippen molar-refractivity contribution in [3.8, 4) is 0 Å². The molecule has 2 aromatic rings. The smallest absolute Gasteiger partial charge is 0.261 e. The summed E-state index contributed by atoms with van der Waals surface area (Å²) in [5.41, 5.74) is 5.31. The van der Waals surface area contributed by atoms with Gasteiger partial charge in [-0.15, -0.1) is 23.7 Å². The topological polar surface area (TPSA) is 41.1 Å². The molecule has 1 aliphatic heterocycles. The molecule has 1 amide bonds. The number of rotatable bonds is 3. The summed E-state index contributed by atoms with van der Waals surface area (Å²) in [7, 11) is 0. The zero-order valence-electron chi connectivity index (χ0n) is 13.0. The number of thiophene rings is 1. The summed E-state index contributed by atoms with van der Waals surface area (Å²) < 4.78 is 0. The Bertz CT molecular complexity index is 702. The lowest BCUT2D eigenvalue weighted by atomic mass is 9.99. The van der Waals surface area contributed by atoms with Gasteiger partial charge in [0.05, 0.1) is 4.88 Å². The molecule has 0 atom stereocenters. The van der Waals surface area contributed by atoms with Gasteiger partial charge in [0.15, 0.2) is 0 Å². The Balaban J connectivity index is 0.00000156. The molecule has 0 unspecified atom stereocenters. The second kappa shape index (κ2) is 7.04. The number of aryl methyl sites for hydroxylation is 2. The third kappa shape index (κ3) is 3.44. The number of amides is 1. The van der Waals surface area contributed by atoms with E-state index in [0.717, 1.165) is 30.8 Å². The zero-order valence-corrected chi connectivity index (χ0v) is 14.6. The minimum atomic E-state index is 0. The summed E-state index contributed by atoms with van der Waals surface area (Å²) >= 11 is 1.68. The largest absolute Gasteiger partial charge is 0.347 e. The van der Waals surface area contributed by atoms with Gasteiger partial charge >= 0.3 is 0 Å². The van der Waals surface area contributed by atoms with Crippen LogP contribution in [0.3, 0.4) is 0 Å². The van der Waals surface area contributed by atoms with E-state index < -0.39 is 0 Å². The van der Waals surface area contributed by atoms with E-state index in [1.165, 1.54) is 40.0 Å². The first-order chi connectivity index (χ1) is 10.8. The third-order valence-corrected chi connectivity index (χ3v) is 5.81. The Morgan fingerprint density at radius 1 is 1.09 bits per heavy atom. The molecule has 122 valence electrons. The Hall–Kier alpha value is -1.36. The predicted octanol–water partition coefficient (Wildman–Crippen LogP) is 3.58. The predicted molar refractivity (Wildman–Crippen MR) is 96.4 cm³/mol. The third-order valence-electron chi connectivity index (χ3n) is 4.58. The first-order valence-electron chi connectivity index (χ1n) is 8.01. The van der Waals surface area contributed by atoms with Crippen LogP contribution in [0.25, 0.3) is 0 Å². The molecule has 2 N–H and O–H groups in total. The van der Waals surface area contributed by atoms with E-state index in [1.54, 1.807) is 11.3 Å². The fourth-order valence-corrected chi connectivity index (χ4v) is 4.50. The number of hydrogen-bond acceptors (Lipinski definition) is 3. The average molecular weight is 349 g/mol. The second-order valence-corrected chi connectivity index (χ2v) is 7.29. The molecule has 23 heavy (non-hydrogen) atoms. The maximum Gasteiger partial charge on any atom is 0.261 e. The second-order valence-electron chi connectivity index (χ2n) is 6.16. The van der Waals surface area contributed by atoms with Gasteiger partial charge in [-0.3, -0.25) is 4.79 Å². The van der Waals surface area contributed by atoms with Crippen molar-refractivity contribution in [3.05, 3.63) is 56.3 Å². The molecule has 4 rings (SSSR count). The average Bonchev–Trinajstić information content (AvgIpc) is 3.18. The van der Waals surface area contributed by atoms with E-state index in [9.17, 15) is 4.79 Å². The molecule has 1 aromatic carbocycles. The maximum atomic E-state index is 12.4. The van der Waals surface area contributed by atoms with E-state index in [2.05, 4.69) is 34.9 Å². The quantitative estimate of drug-likeness (QED) is 0.890. The lowest BCUT2D eigenvalue weighted by Gasteiger charge is -2.08. The number of fused-ring (bicyclic) bond motifs is 2. The van der Waals surface area contributed by atoms with Crippen molar-refractivity contribution in [1.29, 1.82) is 0 Å². The Kier molecular flexibility index (Phi) is 5.05. The number of benzene rings is 1. The molecule has 0 radical (unpaired) electrons. The summed E-state index contributed by atoms with van der Waals surface area (Å²) in [6, 6.07) is 8.59. The normalized spacial score (nSPS) is 15.5. The molecule has 0 spiro atoms. The molecule has 0 fully saturated rings. The van der Waals surface area contributed by atoms with E-state index in [-0.39, 0.29) is 18.3 Å². The van der Waals surface area contributed by atoms with Crippen molar-refractivity contribution in [2.45, 2.75) is 45.3 Å². The highest BCUT2D eigenvalue weighted by Crippen LogP contribution is 2.29. The lowest BCUT2D eigenvalue weighted by molar-refractivity contribution is 0.0955. The van der Waals surface area contributed by atoms with Gasteiger partial charge in [0.1, 0.15) is 0 Å². The Morgan fingerprint density at radius 3 is 2.78 bits per heavy atom. The van der Waals surface area contributed by atoms with Gasteiger partial charge in [-0.2, -0.15) is 0 Å². The highest BCUT2D eigenvalue weighted by molar-refractivity contribution is 7.14. The molecule has 5 heteroatoms. The summed E-state index contributed by atoms with van der Waals surface area (Å²) in [5, 5.41) is 6.41. The number of carbonyl (C=O) groups excluding carboxylic acids is 1. The molecule has 2 heterocycles. The first kappa shape index (κ1) is 16.5. The van der Waals surface area contributed by atoms with Crippen LogP contribution < -0.4 is 10.6 Å². The van der Waals surface area contributed by atoms with Gasteiger partial charge in [0.2, 0.25) is 0 Å². The molecule has 1 aromatic heterocycles. The maximum absolute atomic E-state index is 12.4. The first-order valence-corrected chi connectivity index (χ1v) is 8.82. The van der Waals surface area contributed by atoms with Gasteiger partial charge < -0.3 is 10.6 Å². The molecule has 3 nitrogen and oxygen atoms in total. The molecular weight excluding hydrogens is 328 g/mol. The van der Waals surface area contributed by atoms with Crippen molar-refractivity contribution in [3.63, 3.8) is 0 Å². The van der Waals surface area contributed by atoms with Crippen LogP contribution >= 0.6 is 23.7 Å². The van der Waals surface area contributed by atoms with Crippen LogP contribution in [0, 0.1) is 0 Å². The van der Waals surface area contributed by atoms with Crippen LogP contribution in [0.15, 0.2) is 24.3 Å².